The zero-order valence-corrected chi connectivity index (χ0v) is 12.2. The van der Waals surface area contributed by atoms with Gasteiger partial charge in [0.1, 0.15) is 5.71 Å². The maximum Gasteiger partial charge on any atom is 0.267 e. The van der Waals surface area contributed by atoms with Gasteiger partial charge in [-0.3, -0.25) is 9.59 Å². The fourth-order valence-corrected chi connectivity index (χ4v) is 2.97. The van der Waals surface area contributed by atoms with Crippen LogP contribution in [0.25, 0.3) is 0 Å². The first-order chi connectivity index (χ1) is 9.39. The highest BCUT2D eigenvalue weighted by Crippen LogP contribution is 2.31. The van der Waals surface area contributed by atoms with Gasteiger partial charge in [0.05, 0.1) is 5.60 Å². The Kier molecular flexibility index (Phi) is 4.42. The van der Waals surface area contributed by atoms with E-state index in [0.29, 0.717) is 24.5 Å². The molecule has 1 aliphatic heterocycles. The zero-order chi connectivity index (χ0) is 14.8. The Morgan fingerprint density at radius 2 is 2.30 bits per heavy atom. The van der Waals surface area contributed by atoms with E-state index in [1.807, 2.05) is 0 Å². The van der Waals surface area contributed by atoms with Crippen LogP contribution in [0.1, 0.15) is 45.4 Å². The van der Waals surface area contributed by atoms with Crippen LogP contribution in [0.15, 0.2) is 5.10 Å². The van der Waals surface area contributed by atoms with Crippen molar-refractivity contribution in [3.8, 4) is 0 Å². The van der Waals surface area contributed by atoms with Crippen LogP contribution in [0.4, 0.5) is 0 Å². The molecule has 20 heavy (non-hydrogen) atoms. The minimum atomic E-state index is -0.801. The number of hydrogen-bond acceptors (Lipinski definition) is 4. The number of aliphatic hydroxyl groups is 1. The van der Waals surface area contributed by atoms with Crippen molar-refractivity contribution in [3.05, 3.63) is 0 Å². The van der Waals surface area contributed by atoms with Crippen molar-refractivity contribution >= 4 is 17.5 Å². The maximum atomic E-state index is 12.0. The van der Waals surface area contributed by atoms with Crippen molar-refractivity contribution in [1.82, 2.24) is 10.3 Å². The van der Waals surface area contributed by atoms with Crippen LogP contribution in [-0.2, 0) is 9.59 Å². The fraction of sp³-hybridized carbons (Fsp3) is 0.786. The number of hydrogen-bond donors (Lipinski definition) is 2. The predicted octanol–water partition coefficient (Wildman–Crippen LogP) is 0.652. The second kappa shape index (κ2) is 5.91. The molecule has 1 aliphatic carbocycles. The quantitative estimate of drug-likeness (QED) is 0.797. The Labute approximate surface area is 119 Å². The van der Waals surface area contributed by atoms with Crippen LogP contribution >= 0.6 is 0 Å². The largest absolute Gasteiger partial charge is 0.388 e. The number of rotatable bonds is 3. The molecule has 112 valence electrons. The van der Waals surface area contributed by atoms with Crippen LogP contribution in [0, 0.1) is 5.92 Å². The summed E-state index contributed by atoms with van der Waals surface area (Å²) in [4.78, 5) is 23.3. The van der Waals surface area contributed by atoms with Crippen LogP contribution in [-0.4, -0.2) is 46.8 Å². The molecule has 2 unspecified atom stereocenters. The summed E-state index contributed by atoms with van der Waals surface area (Å²) in [5.41, 5.74) is -0.441. The number of nitrogens with zero attached hydrogens (tertiary/aromatic N) is 2. The molecule has 2 atom stereocenters. The average Bonchev–Trinajstić information content (AvgIpc) is 2.39. The van der Waals surface area contributed by atoms with Crippen molar-refractivity contribution in [3.63, 3.8) is 0 Å². The monoisotopic (exact) mass is 281 g/mol. The van der Waals surface area contributed by atoms with Gasteiger partial charge in [-0.2, -0.15) is 5.10 Å². The van der Waals surface area contributed by atoms with Gasteiger partial charge in [-0.15, -0.1) is 0 Å². The molecule has 0 saturated heterocycles. The van der Waals surface area contributed by atoms with E-state index < -0.39 is 5.60 Å². The van der Waals surface area contributed by atoms with E-state index in [1.165, 1.54) is 5.01 Å². The third-order valence-corrected chi connectivity index (χ3v) is 4.11. The Bertz CT molecular complexity index is 435. The van der Waals surface area contributed by atoms with Crippen molar-refractivity contribution in [2.75, 3.05) is 13.6 Å². The first kappa shape index (κ1) is 15.0. The van der Waals surface area contributed by atoms with Crippen molar-refractivity contribution < 1.29 is 14.7 Å². The van der Waals surface area contributed by atoms with Gasteiger partial charge >= 0.3 is 0 Å². The molecule has 2 rings (SSSR count). The molecule has 1 saturated carbocycles. The Morgan fingerprint density at radius 3 is 2.95 bits per heavy atom. The van der Waals surface area contributed by atoms with E-state index in [1.54, 1.807) is 7.05 Å². The summed E-state index contributed by atoms with van der Waals surface area (Å²) in [6, 6.07) is 0. The smallest absolute Gasteiger partial charge is 0.267 e. The molecule has 1 heterocycles. The van der Waals surface area contributed by atoms with E-state index in [-0.39, 0.29) is 18.4 Å². The topological polar surface area (TPSA) is 82.0 Å². The normalized spacial score (nSPS) is 30.9. The van der Waals surface area contributed by atoms with Gasteiger partial charge < -0.3 is 10.4 Å². The molecule has 0 aromatic heterocycles. The Balaban J connectivity index is 1.89. The average molecular weight is 281 g/mol. The molecule has 6 nitrogen and oxygen atoms in total. The maximum absolute atomic E-state index is 12.0. The molecular formula is C14H23N3O3. The van der Waals surface area contributed by atoms with Gasteiger partial charge in [0.2, 0.25) is 5.91 Å². The molecule has 0 aromatic rings. The van der Waals surface area contributed by atoms with Crippen molar-refractivity contribution in [2.24, 2.45) is 11.0 Å². The van der Waals surface area contributed by atoms with Crippen LogP contribution in [0.2, 0.25) is 0 Å². The van der Waals surface area contributed by atoms with Crippen LogP contribution in [0.5, 0.6) is 0 Å². The summed E-state index contributed by atoms with van der Waals surface area (Å²) < 4.78 is 0. The molecule has 0 spiro atoms. The second-order valence-electron chi connectivity index (χ2n) is 6.07. The fourth-order valence-electron chi connectivity index (χ4n) is 2.97. The van der Waals surface area contributed by atoms with Gasteiger partial charge in [0.25, 0.3) is 5.91 Å². The Morgan fingerprint density at radius 1 is 1.55 bits per heavy atom. The van der Waals surface area contributed by atoms with E-state index in [0.717, 1.165) is 25.7 Å². The highest BCUT2D eigenvalue weighted by molar-refractivity contribution is 6.39. The first-order valence-corrected chi connectivity index (χ1v) is 7.24. The van der Waals surface area contributed by atoms with Crippen LogP contribution in [0.3, 0.4) is 0 Å². The van der Waals surface area contributed by atoms with Crippen LogP contribution < -0.4 is 5.32 Å². The Hall–Kier alpha value is -1.43. The minimum absolute atomic E-state index is 0.0821. The summed E-state index contributed by atoms with van der Waals surface area (Å²) in [6.07, 6.45) is 4.25. The lowest BCUT2D eigenvalue weighted by Crippen LogP contribution is -2.48. The molecule has 0 bridgehead atoms. The molecule has 0 radical (unpaired) electrons. The molecule has 2 aliphatic rings. The molecule has 0 aromatic carbocycles. The van der Waals surface area contributed by atoms with E-state index in [2.05, 4.69) is 17.3 Å². The summed E-state index contributed by atoms with van der Waals surface area (Å²) in [6.45, 7) is 2.38. The van der Waals surface area contributed by atoms with E-state index in [4.69, 9.17) is 0 Å². The standard InChI is InChI=1S/C14H23N3O3/c1-10-4-3-7-14(20,8-10)9-15-13(19)11-5-6-12(18)17(2)16-11/h10,20H,3-9H2,1-2H3,(H,15,19). The lowest BCUT2D eigenvalue weighted by Gasteiger charge is -2.35. The molecule has 2 N–H and O–H groups in total. The molecule has 2 amide bonds. The molecule has 1 fully saturated rings. The SMILES string of the molecule is CC1CCCC(O)(CNC(=O)C2=NN(C)C(=O)CC2)C1. The summed E-state index contributed by atoms with van der Waals surface area (Å²) in [7, 11) is 1.55. The molecule has 6 heteroatoms. The van der Waals surface area contributed by atoms with E-state index >= 15 is 0 Å². The number of hydrazone groups is 1. The minimum Gasteiger partial charge on any atom is -0.388 e. The zero-order valence-electron chi connectivity index (χ0n) is 12.2. The third kappa shape index (κ3) is 3.56. The highest BCUT2D eigenvalue weighted by atomic mass is 16.3. The van der Waals surface area contributed by atoms with Gasteiger partial charge in [-0.25, -0.2) is 5.01 Å². The summed E-state index contributed by atoms with van der Waals surface area (Å²) >= 11 is 0. The number of carbonyl (C=O) groups excluding carboxylic acids is 2. The molecular weight excluding hydrogens is 258 g/mol. The predicted molar refractivity (Wildman–Crippen MR) is 75.0 cm³/mol. The lowest BCUT2D eigenvalue weighted by molar-refractivity contribution is -0.130. The third-order valence-electron chi connectivity index (χ3n) is 4.11. The number of amides is 2. The lowest BCUT2D eigenvalue weighted by atomic mass is 9.79. The van der Waals surface area contributed by atoms with Gasteiger partial charge in [0.15, 0.2) is 0 Å². The van der Waals surface area contributed by atoms with Gasteiger partial charge in [-0.05, 0) is 18.8 Å². The van der Waals surface area contributed by atoms with Gasteiger partial charge in [-0.1, -0.05) is 19.8 Å². The number of nitrogens with one attached hydrogen (secondary N) is 1. The number of carbonyl (C=O) groups is 2. The summed E-state index contributed by atoms with van der Waals surface area (Å²) in [5, 5.41) is 18.4. The van der Waals surface area contributed by atoms with Gasteiger partial charge in [0, 0.05) is 26.4 Å². The highest BCUT2D eigenvalue weighted by Gasteiger charge is 2.33. The first-order valence-electron chi connectivity index (χ1n) is 7.24. The second-order valence-corrected chi connectivity index (χ2v) is 6.07. The summed E-state index contributed by atoms with van der Waals surface area (Å²) in [5.74, 6) is 0.124. The van der Waals surface area contributed by atoms with Crippen molar-refractivity contribution in [2.45, 2.75) is 51.0 Å². The van der Waals surface area contributed by atoms with Crippen molar-refractivity contribution in [1.29, 1.82) is 0 Å². The van der Waals surface area contributed by atoms with E-state index in [9.17, 15) is 14.7 Å².